The van der Waals surface area contributed by atoms with Gasteiger partial charge >= 0.3 is 0 Å². The van der Waals surface area contributed by atoms with Crippen molar-refractivity contribution in [1.29, 1.82) is 0 Å². The van der Waals surface area contributed by atoms with E-state index in [1.165, 1.54) is 0 Å². The van der Waals surface area contributed by atoms with Crippen molar-refractivity contribution in [2.75, 3.05) is 25.6 Å². The number of ether oxygens (including phenoxy) is 2. The molecular weight excluding hydrogens is 416 g/mol. The minimum absolute atomic E-state index is 0.149. The molecule has 0 radical (unpaired) electrons. The maximum absolute atomic E-state index is 12.3. The quantitative estimate of drug-likeness (QED) is 0.521. The van der Waals surface area contributed by atoms with Crippen LogP contribution in [0.1, 0.15) is 15.9 Å². The van der Waals surface area contributed by atoms with E-state index in [4.69, 9.17) is 21.1 Å². The van der Waals surface area contributed by atoms with Crippen molar-refractivity contribution in [3.8, 4) is 11.5 Å². The van der Waals surface area contributed by atoms with Crippen LogP contribution in [-0.2, 0) is 11.2 Å². The number of carbonyl (C=O) groups is 2. The minimum Gasteiger partial charge on any atom is -0.497 e. The molecule has 0 aliphatic heterocycles. The first-order chi connectivity index (χ1) is 15.0. The minimum atomic E-state index is -0.294. The molecule has 0 spiro atoms. The summed E-state index contributed by atoms with van der Waals surface area (Å²) >= 11 is 5.87. The third-order valence-electron chi connectivity index (χ3n) is 4.45. The first-order valence-corrected chi connectivity index (χ1v) is 10.1. The SMILES string of the molecule is COc1cccc(NC(=O)COc2ccc(C(=O)NCCc3ccc(Cl)cc3)cc2)c1. The van der Waals surface area contributed by atoms with Gasteiger partial charge in [-0.1, -0.05) is 29.8 Å². The summed E-state index contributed by atoms with van der Waals surface area (Å²) in [6.07, 6.45) is 0.715. The molecule has 6 nitrogen and oxygen atoms in total. The normalized spacial score (nSPS) is 10.3. The van der Waals surface area contributed by atoms with Gasteiger partial charge in [0.2, 0.25) is 0 Å². The van der Waals surface area contributed by atoms with Gasteiger partial charge in [0.15, 0.2) is 6.61 Å². The monoisotopic (exact) mass is 438 g/mol. The van der Waals surface area contributed by atoms with Crippen LogP contribution >= 0.6 is 11.6 Å². The lowest BCUT2D eigenvalue weighted by Gasteiger charge is -2.09. The fourth-order valence-corrected chi connectivity index (χ4v) is 2.95. The summed E-state index contributed by atoms with van der Waals surface area (Å²) in [7, 11) is 1.56. The molecule has 0 atom stereocenters. The van der Waals surface area contributed by atoms with Crippen molar-refractivity contribution in [3.63, 3.8) is 0 Å². The number of carbonyl (C=O) groups excluding carboxylic acids is 2. The molecule has 0 heterocycles. The van der Waals surface area contributed by atoms with Crippen LogP contribution in [0.3, 0.4) is 0 Å². The molecule has 0 aliphatic rings. The Kier molecular flexibility index (Phi) is 7.90. The van der Waals surface area contributed by atoms with Gasteiger partial charge < -0.3 is 20.1 Å². The molecule has 0 fully saturated rings. The van der Waals surface area contributed by atoms with Crippen LogP contribution in [0.25, 0.3) is 0 Å². The van der Waals surface area contributed by atoms with E-state index in [1.807, 2.05) is 24.3 Å². The molecule has 2 amide bonds. The van der Waals surface area contributed by atoms with Gasteiger partial charge in [0.1, 0.15) is 11.5 Å². The number of methoxy groups -OCH3 is 1. The lowest BCUT2D eigenvalue weighted by Crippen LogP contribution is -2.25. The van der Waals surface area contributed by atoms with Crippen molar-refractivity contribution < 1.29 is 19.1 Å². The lowest BCUT2D eigenvalue weighted by atomic mass is 10.1. The maximum Gasteiger partial charge on any atom is 0.262 e. The van der Waals surface area contributed by atoms with Gasteiger partial charge in [-0.3, -0.25) is 9.59 Å². The molecule has 0 saturated heterocycles. The van der Waals surface area contributed by atoms with Gasteiger partial charge in [0, 0.05) is 28.9 Å². The molecular formula is C24H23ClN2O4. The number of hydrogen-bond acceptors (Lipinski definition) is 4. The van der Waals surface area contributed by atoms with Crippen LogP contribution in [0.5, 0.6) is 11.5 Å². The Labute approximate surface area is 186 Å². The van der Waals surface area contributed by atoms with Crippen molar-refractivity contribution in [3.05, 3.63) is 88.9 Å². The number of rotatable bonds is 9. The highest BCUT2D eigenvalue weighted by Gasteiger charge is 2.08. The third kappa shape index (κ3) is 7.04. The molecule has 0 saturated carbocycles. The zero-order valence-electron chi connectivity index (χ0n) is 17.1. The number of benzene rings is 3. The second-order valence-electron chi connectivity index (χ2n) is 6.73. The first kappa shape index (κ1) is 22.2. The van der Waals surface area contributed by atoms with Crippen LogP contribution < -0.4 is 20.1 Å². The van der Waals surface area contributed by atoms with Crippen LogP contribution in [0.2, 0.25) is 5.02 Å². The zero-order chi connectivity index (χ0) is 22.1. The van der Waals surface area contributed by atoms with Gasteiger partial charge in [-0.15, -0.1) is 0 Å². The molecule has 3 rings (SSSR count). The van der Waals surface area contributed by atoms with E-state index in [0.717, 1.165) is 5.56 Å². The molecule has 31 heavy (non-hydrogen) atoms. The van der Waals surface area contributed by atoms with Crippen molar-refractivity contribution in [2.24, 2.45) is 0 Å². The van der Waals surface area contributed by atoms with Crippen LogP contribution in [0.4, 0.5) is 5.69 Å². The Morgan fingerprint density at radius 1 is 0.935 bits per heavy atom. The number of hydrogen-bond donors (Lipinski definition) is 2. The van der Waals surface area contributed by atoms with Crippen LogP contribution in [0, 0.1) is 0 Å². The molecule has 160 valence electrons. The molecule has 0 unspecified atom stereocenters. The Hall–Kier alpha value is -3.51. The van der Waals surface area contributed by atoms with Gasteiger partial charge in [-0.05, 0) is 60.5 Å². The van der Waals surface area contributed by atoms with Gasteiger partial charge in [0.05, 0.1) is 7.11 Å². The second-order valence-corrected chi connectivity index (χ2v) is 7.16. The molecule has 0 aliphatic carbocycles. The fraction of sp³-hybridized carbons (Fsp3) is 0.167. The number of anilines is 1. The van der Waals surface area contributed by atoms with E-state index in [9.17, 15) is 9.59 Å². The smallest absolute Gasteiger partial charge is 0.262 e. The summed E-state index contributed by atoms with van der Waals surface area (Å²) in [5, 5.41) is 6.31. The van der Waals surface area contributed by atoms with Crippen molar-refractivity contribution in [1.82, 2.24) is 5.32 Å². The van der Waals surface area contributed by atoms with E-state index in [1.54, 1.807) is 55.6 Å². The van der Waals surface area contributed by atoms with E-state index in [-0.39, 0.29) is 18.4 Å². The Balaban J connectivity index is 1.43. The summed E-state index contributed by atoms with van der Waals surface area (Å²) in [6, 6.07) is 21.2. The van der Waals surface area contributed by atoms with Crippen LogP contribution in [0.15, 0.2) is 72.8 Å². The Bertz CT molecular complexity index is 1020. The predicted octanol–water partition coefficient (Wildman–Crippen LogP) is 4.34. The highest BCUT2D eigenvalue weighted by Crippen LogP contribution is 2.17. The standard InChI is InChI=1S/C24H23ClN2O4/c1-30-22-4-2-3-20(15-22)27-23(28)16-31-21-11-7-18(8-12-21)24(29)26-14-13-17-5-9-19(25)10-6-17/h2-12,15H,13-14,16H2,1H3,(H,26,29)(H,27,28). The second kappa shape index (κ2) is 11.0. The highest BCUT2D eigenvalue weighted by molar-refractivity contribution is 6.30. The third-order valence-corrected chi connectivity index (χ3v) is 4.70. The van der Waals surface area contributed by atoms with E-state index in [0.29, 0.717) is 40.7 Å². The summed E-state index contributed by atoms with van der Waals surface area (Å²) in [5.41, 5.74) is 2.24. The van der Waals surface area contributed by atoms with Crippen LogP contribution in [-0.4, -0.2) is 32.1 Å². The highest BCUT2D eigenvalue weighted by atomic mass is 35.5. The summed E-state index contributed by atoms with van der Waals surface area (Å²) in [4.78, 5) is 24.3. The first-order valence-electron chi connectivity index (χ1n) is 9.73. The fourth-order valence-electron chi connectivity index (χ4n) is 2.82. The lowest BCUT2D eigenvalue weighted by molar-refractivity contribution is -0.118. The molecule has 3 aromatic rings. The number of nitrogens with one attached hydrogen (secondary N) is 2. The Morgan fingerprint density at radius 2 is 1.68 bits per heavy atom. The largest absolute Gasteiger partial charge is 0.497 e. The van der Waals surface area contributed by atoms with E-state index < -0.39 is 0 Å². The topological polar surface area (TPSA) is 76.7 Å². The molecule has 2 N–H and O–H groups in total. The average Bonchev–Trinajstić information content (AvgIpc) is 2.79. The van der Waals surface area contributed by atoms with Crippen molar-refractivity contribution >= 4 is 29.1 Å². The maximum atomic E-state index is 12.3. The number of amides is 2. The molecule has 0 aromatic heterocycles. The molecule has 0 bridgehead atoms. The van der Waals surface area contributed by atoms with Gasteiger partial charge in [-0.2, -0.15) is 0 Å². The number of halogens is 1. The predicted molar refractivity (Wildman–Crippen MR) is 121 cm³/mol. The average molecular weight is 439 g/mol. The summed E-state index contributed by atoms with van der Waals surface area (Å²) in [6.45, 7) is 0.368. The zero-order valence-corrected chi connectivity index (χ0v) is 17.8. The van der Waals surface area contributed by atoms with Crippen molar-refractivity contribution in [2.45, 2.75) is 6.42 Å². The van der Waals surface area contributed by atoms with Gasteiger partial charge in [0.25, 0.3) is 11.8 Å². The molecule has 7 heteroatoms. The Morgan fingerprint density at radius 3 is 2.39 bits per heavy atom. The summed E-state index contributed by atoms with van der Waals surface area (Å²) in [5.74, 6) is 0.688. The van der Waals surface area contributed by atoms with E-state index >= 15 is 0 Å². The molecule has 3 aromatic carbocycles. The van der Waals surface area contributed by atoms with Gasteiger partial charge in [-0.25, -0.2) is 0 Å². The summed E-state index contributed by atoms with van der Waals surface area (Å²) < 4.78 is 10.6. The van der Waals surface area contributed by atoms with E-state index in [2.05, 4.69) is 10.6 Å².